The maximum absolute atomic E-state index is 11.6. The van der Waals surface area contributed by atoms with Crippen molar-refractivity contribution in [3.63, 3.8) is 0 Å². The van der Waals surface area contributed by atoms with Crippen LogP contribution in [-0.2, 0) is 10.0 Å². The van der Waals surface area contributed by atoms with Crippen molar-refractivity contribution in [3.05, 3.63) is 14.9 Å². The topological polar surface area (TPSA) is 49.4 Å². The first kappa shape index (κ1) is 12.4. The highest BCUT2D eigenvalue weighted by Gasteiger charge is 2.19. The molecule has 0 saturated heterocycles. The second kappa shape index (κ2) is 4.46. The average Bonchev–Trinajstić information content (AvgIpc) is 2.30. The fourth-order valence-corrected chi connectivity index (χ4v) is 4.21. The highest BCUT2D eigenvalue weighted by atomic mass is 79.9. The van der Waals surface area contributed by atoms with Crippen LogP contribution in [0.3, 0.4) is 0 Å². The van der Waals surface area contributed by atoms with Gasteiger partial charge in [-0.15, -0.1) is 16.2 Å². The Hall–Kier alpha value is 0.340. The van der Waals surface area contributed by atoms with Gasteiger partial charge in [-0.05, 0) is 22.0 Å². The molecule has 0 aromatic carbocycles. The SMILES string of the molecule is CN(C)NS(=O)(=O)c1cc(Cl)c(Br)s1. The van der Waals surface area contributed by atoms with E-state index in [1.165, 1.54) is 11.1 Å². The number of rotatable bonds is 3. The van der Waals surface area contributed by atoms with E-state index in [-0.39, 0.29) is 4.21 Å². The van der Waals surface area contributed by atoms with Gasteiger partial charge in [0.15, 0.2) is 0 Å². The van der Waals surface area contributed by atoms with Gasteiger partial charge >= 0.3 is 0 Å². The molecule has 1 aromatic rings. The molecule has 0 atom stereocenters. The molecule has 0 unspecified atom stereocenters. The molecule has 1 N–H and O–H groups in total. The van der Waals surface area contributed by atoms with Crippen molar-refractivity contribution in [3.8, 4) is 0 Å². The van der Waals surface area contributed by atoms with Crippen molar-refractivity contribution in [2.24, 2.45) is 0 Å². The molecular weight excluding hydrogens is 312 g/mol. The van der Waals surface area contributed by atoms with Gasteiger partial charge in [-0.25, -0.2) is 13.4 Å². The first-order valence-electron chi connectivity index (χ1n) is 3.47. The summed E-state index contributed by atoms with van der Waals surface area (Å²) in [6.07, 6.45) is 0. The Morgan fingerprint density at radius 3 is 2.50 bits per heavy atom. The summed E-state index contributed by atoms with van der Waals surface area (Å²) in [6, 6.07) is 1.40. The van der Waals surface area contributed by atoms with Gasteiger partial charge in [0.1, 0.15) is 4.21 Å². The highest BCUT2D eigenvalue weighted by Crippen LogP contribution is 2.34. The Morgan fingerprint density at radius 2 is 2.14 bits per heavy atom. The molecule has 0 saturated carbocycles. The summed E-state index contributed by atoms with van der Waals surface area (Å²) in [5.74, 6) is 0. The number of nitrogens with one attached hydrogen (secondary N) is 1. The maximum atomic E-state index is 11.6. The molecule has 1 aromatic heterocycles. The van der Waals surface area contributed by atoms with E-state index in [1.807, 2.05) is 0 Å². The quantitative estimate of drug-likeness (QED) is 0.866. The molecular formula is C6H8BrClN2O2S2. The molecule has 4 nitrogen and oxygen atoms in total. The van der Waals surface area contributed by atoms with E-state index in [2.05, 4.69) is 20.8 Å². The van der Waals surface area contributed by atoms with E-state index < -0.39 is 10.0 Å². The zero-order valence-electron chi connectivity index (χ0n) is 7.41. The van der Waals surface area contributed by atoms with E-state index in [0.29, 0.717) is 8.81 Å². The predicted molar refractivity (Wildman–Crippen MR) is 61.0 cm³/mol. The van der Waals surface area contributed by atoms with Crippen LogP contribution in [0.4, 0.5) is 0 Å². The minimum atomic E-state index is -3.48. The third-order valence-electron chi connectivity index (χ3n) is 1.19. The lowest BCUT2D eigenvalue weighted by Crippen LogP contribution is -2.35. The second-order valence-electron chi connectivity index (χ2n) is 2.68. The van der Waals surface area contributed by atoms with Crippen LogP contribution in [0.1, 0.15) is 0 Å². The predicted octanol–water partition coefficient (Wildman–Crippen LogP) is 1.92. The van der Waals surface area contributed by atoms with Gasteiger partial charge in [-0.3, -0.25) is 0 Å². The first-order valence-corrected chi connectivity index (χ1v) is 6.94. The molecule has 0 fully saturated rings. The summed E-state index contributed by atoms with van der Waals surface area (Å²) >= 11 is 9.96. The van der Waals surface area contributed by atoms with Crippen molar-refractivity contribution < 1.29 is 8.42 Å². The van der Waals surface area contributed by atoms with E-state index in [0.717, 1.165) is 11.3 Å². The first-order chi connectivity index (χ1) is 6.33. The smallest absolute Gasteiger partial charge is 0.237 e. The molecule has 0 radical (unpaired) electrons. The molecule has 0 aliphatic carbocycles. The largest absolute Gasteiger partial charge is 0.263 e. The summed E-state index contributed by atoms with van der Waals surface area (Å²) in [5, 5.41) is 1.76. The molecule has 0 aliphatic heterocycles. The van der Waals surface area contributed by atoms with Gasteiger partial charge in [0, 0.05) is 14.1 Å². The van der Waals surface area contributed by atoms with Gasteiger partial charge in [0.2, 0.25) is 0 Å². The summed E-state index contributed by atoms with van der Waals surface area (Å²) in [4.78, 5) is 2.31. The normalized spacial score (nSPS) is 12.4. The minimum Gasteiger partial charge on any atom is -0.237 e. The van der Waals surface area contributed by atoms with Crippen molar-refractivity contribution in [2.75, 3.05) is 14.1 Å². The fourth-order valence-electron chi connectivity index (χ4n) is 0.745. The molecule has 14 heavy (non-hydrogen) atoms. The number of hydrogen-bond acceptors (Lipinski definition) is 4. The Bertz CT molecular complexity index is 410. The lowest BCUT2D eigenvalue weighted by molar-refractivity contribution is 0.364. The third kappa shape index (κ3) is 2.91. The minimum absolute atomic E-state index is 0.183. The second-order valence-corrected chi connectivity index (χ2v) is 7.34. The maximum Gasteiger partial charge on any atom is 0.263 e. The zero-order chi connectivity index (χ0) is 10.9. The zero-order valence-corrected chi connectivity index (χ0v) is 11.4. The molecule has 0 amide bonds. The van der Waals surface area contributed by atoms with Crippen molar-refractivity contribution in [2.45, 2.75) is 4.21 Å². The van der Waals surface area contributed by atoms with Crippen molar-refractivity contribution in [1.29, 1.82) is 0 Å². The van der Waals surface area contributed by atoms with E-state index in [9.17, 15) is 8.42 Å². The van der Waals surface area contributed by atoms with Crippen LogP contribution in [0.5, 0.6) is 0 Å². The number of hydrazine groups is 1. The average molecular weight is 320 g/mol. The summed E-state index contributed by atoms with van der Waals surface area (Å²) in [6.45, 7) is 0. The number of nitrogens with zero attached hydrogens (tertiary/aromatic N) is 1. The summed E-state index contributed by atoms with van der Waals surface area (Å²) in [5.41, 5.74) is 0. The fraction of sp³-hybridized carbons (Fsp3) is 0.333. The van der Waals surface area contributed by atoms with Crippen molar-refractivity contribution in [1.82, 2.24) is 9.84 Å². The number of thiophene rings is 1. The molecule has 80 valence electrons. The summed E-state index contributed by atoms with van der Waals surface area (Å²) in [7, 11) is -0.283. The Kier molecular flexibility index (Phi) is 3.95. The monoisotopic (exact) mass is 318 g/mol. The van der Waals surface area contributed by atoms with Gasteiger partial charge < -0.3 is 0 Å². The lowest BCUT2D eigenvalue weighted by atomic mass is 10.7. The highest BCUT2D eigenvalue weighted by molar-refractivity contribution is 9.11. The Labute approximate surface area is 100 Å². The number of halogens is 2. The molecule has 8 heteroatoms. The number of hydrogen-bond donors (Lipinski definition) is 1. The van der Waals surface area contributed by atoms with Gasteiger partial charge in [-0.1, -0.05) is 11.6 Å². The van der Waals surface area contributed by atoms with E-state index >= 15 is 0 Å². The van der Waals surface area contributed by atoms with E-state index in [1.54, 1.807) is 14.1 Å². The van der Waals surface area contributed by atoms with Crippen LogP contribution >= 0.6 is 38.9 Å². The van der Waals surface area contributed by atoms with Crippen LogP contribution in [-0.4, -0.2) is 27.5 Å². The number of sulfonamides is 1. The van der Waals surface area contributed by atoms with Crippen LogP contribution in [0.15, 0.2) is 14.1 Å². The van der Waals surface area contributed by atoms with Crippen LogP contribution in [0.2, 0.25) is 5.02 Å². The van der Waals surface area contributed by atoms with Crippen molar-refractivity contribution >= 4 is 48.9 Å². The Morgan fingerprint density at radius 1 is 1.57 bits per heavy atom. The molecule has 0 aliphatic rings. The van der Waals surface area contributed by atoms with Crippen LogP contribution in [0, 0.1) is 0 Å². The lowest BCUT2D eigenvalue weighted by Gasteiger charge is -2.10. The van der Waals surface area contributed by atoms with Crippen LogP contribution < -0.4 is 4.83 Å². The van der Waals surface area contributed by atoms with Crippen LogP contribution in [0.25, 0.3) is 0 Å². The third-order valence-corrected chi connectivity index (χ3v) is 5.62. The van der Waals surface area contributed by atoms with Gasteiger partial charge in [-0.2, -0.15) is 0 Å². The van der Waals surface area contributed by atoms with Gasteiger partial charge in [0.05, 0.1) is 8.81 Å². The Balaban J connectivity index is 3.05. The summed E-state index contributed by atoms with van der Waals surface area (Å²) < 4.78 is 24.0. The van der Waals surface area contributed by atoms with E-state index in [4.69, 9.17) is 11.6 Å². The molecule has 1 heterocycles. The molecule has 0 bridgehead atoms. The standard InChI is InChI=1S/C6H8BrClN2O2S2/c1-10(2)9-14(11,12)5-3-4(8)6(7)13-5/h3,9H,1-2H3. The molecule has 1 rings (SSSR count). The van der Waals surface area contributed by atoms with Gasteiger partial charge in [0.25, 0.3) is 10.0 Å². The molecule has 0 spiro atoms.